The summed E-state index contributed by atoms with van der Waals surface area (Å²) in [5.74, 6) is 0.742. The van der Waals surface area contributed by atoms with Crippen LogP contribution in [0.5, 0.6) is 0 Å². The molecule has 0 rings (SSSR count). The Bertz CT molecular complexity index is 146. The van der Waals surface area contributed by atoms with Gasteiger partial charge in [0.2, 0.25) is 0 Å². The van der Waals surface area contributed by atoms with Crippen molar-refractivity contribution in [2.45, 2.75) is 26.8 Å². The lowest BCUT2D eigenvalue weighted by Crippen LogP contribution is -2.44. The fourth-order valence-corrected chi connectivity index (χ4v) is 1.71. The molecule has 0 aliphatic rings. The zero-order valence-electron chi connectivity index (χ0n) is 11.4. The third-order valence-corrected chi connectivity index (χ3v) is 2.56. The van der Waals surface area contributed by atoms with Crippen molar-refractivity contribution in [1.29, 1.82) is 0 Å². The Morgan fingerprint density at radius 3 is 2.07 bits per heavy atom. The van der Waals surface area contributed by atoms with Gasteiger partial charge in [-0.2, -0.15) is 0 Å². The van der Waals surface area contributed by atoms with E-state index in [9.17, 15) is 0 Å². The second-order valence-corrected chi connectivity index (χ2v) is 5.10. The quantitative estimate of drug-likeness (QED) is 0.654. The van der Waals surface area contributed by atoms with Gasteiger partial charge in [-0.05, 0) is 34.0 Å². The molecule has 0 aliphatic heterocycles. The lowest BCUT2D eigenvalue weighted by molar-refractivity contribution is 0.168. The van der Waals surface area contributed by atoms with Crippen LogP contribution in [0.3, 0.4) is 0 Å². The second-order valence-electron chi connectivity index (χ2n) is 5.10. The van der Waals surface area contributed by atoms with E-state index in [-0.39, 0.29) is 0 Å². The van der Waals surface area contributed by atoms with Crippen molar-refractivity contribution < 1.29 is 0 Å². The Hall–Kier alpha value is -0.120. The number of hydrogen-bond acceptors (Lipinski definition) is 3. The van der Waals surface area contributed by atoms with Gasteiger partial charge in [0.05, 0.1) is 0 Å². The van der Waals surface area contributed by atoms with Crippen LogP contribution in [0, 0.1) is 5.92 Å². The molecule has 0 saturated heterocycles. The highest BCUT2D eigenvalue weighted by Crippen LogP contribution is 2.03. The zero-order chi connectivity index (χ0) is 11.8. The van der Waals surface area contributed by atoms with Crippen molar-refractivity contribution in [1.82, 2.24) is 15.1 Å². The number of rotatable bonds is 8. The molecule has 0 aliphatic carbocycles. The van der Waals surface area contributed by atoms with Gasteiger partial charge in [-0.1, -0.05) is 13.8 Å². The van der Waals surface area contributed by atoms with Crippen molar-refractivity contribution >= 4 is 0 Å². The first-order chi connectivity index (χ1) is 6.97. The third kappa shape index (κ3) is 7.77. The third-order valence-electron chi connectivity index (χ3n) is 2.56. The summed E-state index contributed by atoms with van der Waals surface area (Å²) in [4.78, 5) is 4.82. The first-order valence-corrected chi connectivity index (χ1v) is 6.00. The molecule has 0 aromatic rings. The Kier molecular flexibility index (Phi) is 8.02. The molecule has 3 heteroatoms. The van der Waals surface area contributed by atoms with Crippen LogP contribution in [0.4, 0.5) is 0 Å². The molecule has 0 aromatic heterocycles. The van der Waals surface area contributed by atoms with E-state index in [0.29, 0.717) is 6.04 Å². The number of likely N-dealkylation sites (N-methyl/N-ethyl adjacent to an activating group) is 2. The highest BCUT2D eigenvalue weighted by molar-refractivity contribution is 4.71. The van der Waals surface area contributed by atoms with E-state index in [1.165, 1.54) is 6.54 Å². The average Bonchev–Trinajstić information content (AvgIpc) is 2.11. The van der Waals surface area contributed by atoms with E-state index in [1.807, 2.05) is 7.05 Å². The molecule has 0 fully saturated rings. The summed E-state index contributed by atoms with van der Waals surface area (Å²) < 4.78 is 0. The lowest BCUT2D eigenvalue weighted by atomic mass is 10.1. The van der Waals surface area contributed by atoms with Crippen molar-refractivity contribution in [2.75, 3.05) is 47.3 Å². The molecule has 1 unspecified atom stereocenters. The van der Waals surface area contributed by atoms with E-state index in [1.54, 1.807) is 0 Å². The minimum Gasteiger partial charge on any atom is -0.318 e. The molecule has 3 nitrogen and oxygen atoms in total. The molecule has 15 heavy (non-hydrogen) atoms. The van der Waals surface area contributed by atoms with E-state index in [4.69, 9.17) is 0 Å². The topological polar surface area (TPSA) is 18.5 Å². The normalized spacial score (nSPS) is 14.2. The number of nitrogens with one attached hydrogen (secondary N) is 1. The van der Waals surface area contributed by atoms with E-state index >= 15 is 0 Å². The van der Waals surface area contributed by atoms with Crippen LogP contribution in [-0.2, 0) is 0 Å². The largest absolute Gasteiger partial charge is 0.318 e. The Labute approximate surface area is 95.8 Å². The molecule has 0 radical (unpaired) electrons. The molecule has 0 bridgehead atoms. The molecule has 0 amide bonds. The SMILES string of the molecule is CNCC(C)N(CCN(C)C)CC(C)C. The summed E-state index contributed by atoms with van der Waals surface area (Å²) >= 11 is 0. The summed E-state index contributed by atoms with van der Waals surface area (Å²) in [5.41, 5.74) is 0. The molecule has 1 atom stereocenters. The summed E-state index contributed by atoms with van der Waals surface area (Å²) in [6.45, 7) is 11.4. The number of hydrogen-bond donors (Lipinski definition) is 1. The van der Waals surface area contributed by atoms with Gasteiger partial charge in [-0.3, -0.25) is 4.90 Å². The van der Waals surface area contributed by atoms with Crippen LogP contribution in [0.15, 0.2) is 0 Å². The van der Waals surface area contributed by atoms with Crippen molar-refractivity contribution in [2.24, 2.45) is 5.92 Å². The zero-order valence-corrected chi connectivity index (χ0v) is 11.4. The van der Waals surface area contributed by atoms with E-state index in [0.717, 1.165) is 25.6 Å². The maximum atomic E-state index is 3.25. The van der Waals surface area contributed by atoms with Gasteiger partial charge in [0, 0.05) is 32.2 Å². The summed E-state index contributed by atoms with van der Waals surface area (Å²) in [6, 6.07) is 0.623. The Morgan fingerprint density at radius 1 is 1.07 bits per heavy atom. The van der Waals surface area contributed by atoms with E-state index < -0.39 is 0 Å². The molecule has 0 spiro atoms. The van der Waals surface area contributed by atoms with Crippen LogP contribution in [-0.4, -0.2) is 63.2 Å². The van der Waals surface area contributed by atoms with Gasteiger partial charge < -0.3 is 10.2 Å². The minimum absolute atomic E-state index is 0.623. The summed E-state index contributed by atoms with van der Waals surface area (Å²) in [7, 11) is 6.29. The molecular formula is C12H29N3. The van der Waals surface area contributed by atoms with Crippen LogP contribution >= 0.6 is 0 Å². The maximum Gasteiger partial charge on any atom is 0.0192 e. The highest BCUT2D eigenvalue weighted by Gasteiger charge is 2.14. The standard InChI is InChI=1S/C12H29N3/c1-11(2)10-15(8-7-14(5)6)12(3)9-13-4/h11-13H,7-10H2,1-6H3. The minimum atomic E-state index is 0.623. The second kappa shape index (κ2) is 8.08. The molecule has 0 heterocycles. The van der Waals surface area contributed by atoms with Gasteiger partial charge >= 0.3 is 0 Å². The fourth-order valence-electron chi connectivity index (χ4n) is 1.71. The van der Waals surface area contributed by atoms with Crippen LogP contribution in [0.1, 0.15) is 20.8 Å². The Morgan fingerprint density at radius 2 is 1.67 bits per heavy atom. The van der Waals surface area contributed by atoms with Crippen molar-refractivity contribution in [3.8, 4) is 0 Å². The van der Waals surface area contributed by atoms with Crippen LogP contribution in [0.25, 0.3) is 0 Å². The maximum absolute atomic E-state index is 3.25. The van der Waals surface area contributed by atoms with E-state index in [2.05, 4.69) is 50.0 Å². The van der Waals surface area contributed by atoms with Crippen LogP contribution < -0.4 is 5.32 Å². The predicted molar refractivity (Wildman–Crippen MR) is 68.4 cm³/mol. The molecule has 92 valence electrons. The van der Waals surface area contributed by atoms with Crippen molar-refractivity contribution in [3.05, 3.63) is 0 Å². The summed E-state index contributed by atoms with van der Waals surface area (Å²) in [6.07, 6.45) is 0. The molecule has 1 N–H and O–H groups in total. The number of nitrogens with zero attached hydrogens (tertiary/aromatic N) is 2. The summed E-state index contributed by atoms with van der Waals surface area (Å²) in [5, 5.41) is 3.25. The highest BCUT2D eigenvalue weighted by atomic mass is 15.2. The predicted octanol–water partition coefficient (Wildman–Crippen LogP) is 1.11. The molecule has 0 saturated carbocycles. The lowest BCUT2D eigenvalue weighted by Gasteiger charge is -2.31. The first kappa shape index (κ1) is 14.9. The smallest absolute Gasteiger partial charge is 0.0192 e. The van der Waals surface area contributed by atoms with Gasteiger partial charge in [-0.25, -0.2) is 0 Å². The van der Waals surface area contributed by atoms with Gasteiger partial charge in [-0.15, -0.1) is 0 Å². The monoisotopic (exact) mass is 215 g/mol. The van der Waals surface area contributed by atoms with Gasteiger partial charge in [0.1, 0.15) is 0 Å². The molecule has 0 aromatic carbocycles. The molecular weight excluding hydrogens is 186 g/mol. The first-order valence-electron chi connectivity index (χ1n) is 6.00. The van der Waals surface area contributed by atoms with Crippen molar-refractivity contribution in [3.63, 3.8) is 0 Å². The van der Waals surface area contributed by atoms with Gasteiger partial charge in [0.15, 0.2) is 0 Å². The Balaban J connectivity index is 4.04. The van der Waals surface area contributed by atoms with Gasteiger partial charge in [0.25, 0.3) is 0 Å². The van der Waals surface area contributed by atoms with Crippen LogP contribution in [0.2, 0.25) is 0 Å². The average molecular weight is 215 g/mol. The fraction of sp³-hybridized carbons (Fsp3) is 1.00.